The summed E-state index contributed by atoms with van der Waals surface area (Å²) in [5, 5.41) is 9.72. The molecule has 2 aliphatic rings. The van der Waals surface area contributed by atoms with Crippen molar-refractivity contribution < 1.29 is 34.8 Å². The molecule has 0 saturated carbocycles. The smallest absolute Gasteiger partial charge is 0.369 e. The number of aromatic nitrogens is 4. The molecule has 0 atom stereocenters. The van der Waals surface area contributed by atoms with Gasteiger partial charge in [0.25, 0.3) is 0 Å². The maximum absolute atomic E-state index is 13.7. The van der Waals surface area contributed by atoms with E-state index in [2.05, 4.69) is 30.6 Å². The number of anilines is 2. The largest absolute Gasteiger partial charge is 0.419 e. The molecule has 236 valence electrons. The molecular formula is C25H29ClF6N8O2S. The summed E-state index contributed by atoms with van der Waals surface area (Å²) in [6.45, 7) is 2.01. The van der Waals surface area contributed by atoms with Crippen molar-refractivity contribution in [3.63, 3.8) is 0 Å². The fraction of sp³-hybridized carbons (Fsp3) is 0.480. The van der Waals surface area contributed by atoms with Crippen LogP contribution in [0.25, 0.3) is 11.3 Å². The van der Waals surface area contributed by atoms with Crippen LogP contribution < -0.4 is 15.5 Å². The number of nitrogens with zero attached hydrogens (tertiary/aromatic N) is 6. The topological polar surface area (TPSA) is 108 Å². The molecule has 0 radical (unpaired) electrons. The minimum Gasteiger partial charge on any atom is -0.369 e. The third-order valence-corrected chi connectivity index (χ3v) is 8.96. The third-order valence-electron chi connectivity index (χ3n) is 7.07. The van der Waals surface area contributed by atoms with Crippen LogP contribution in [-0.2, 0) is 22.7 Å². The molecule has 0 spiro atoms. The van der Waals surface area contributed by atoms with Gasteiger partial charge in [-0.2, -0.15) is 35.7 Å². The Hall–Kier alpha value is -3.15. The van der Waals surface area contributed by atoms with Crippen LogP contribution in [0.15, 0.2) is 47.8 Å². The Kier molecular flexibility index (Phi) is 9.78. The van der Waals surface area contributed by atoms with Crippen molar-refractivity contribution >= 4 is 34.1 Å². The van der Waals surface area contributed by atoms with Gasteiger partial charge < -0.3 is 15.5 Å². The number of benzene rings is 1. The molecule has 3 aromatic rings. The second kappa shape index (κ2) is 12.8. The van der Waals surface area contributed by atoms with E-state index < -0.39 is 40.2 Å². The quantitative estimate of drug-likeness (QED) is 0.368. The normalized spacial score (nSPS) is 17.5. The Labute approximate surface area is 249 Å². The van der Waals surface area contributed by atoms with Crippen molar-refractivity contribution in [2.24, 2.45) is 0 Å². The molecule has 2 saturated heterocycles. The van der Waals surface area contributed by atoms with Crippen LogP contribution in [0.3, 0.4) is 0 Å². The zero-order valence-corrected chi connectivity index (χ0v) is 24.2. The summed E-state index contributed by atoms with van der Waals surface area (Å²) < 4.78 is 108. The van der Waals surface area contributed by atoms with E-state index in [1.54, 1.807) is 18.2 Å². The molecule has 2 fully saturated rings. The summed E-state index contributed by atoms with van der Waals surface area (Å²) in [6.07, 6.45) is -6.51. The summed E-state index contributed by atoms with van der Waals surface area (Å²) in [4.78, 5) is 10.0. The van der Waals surface area contributed by atoms with Crippen LogP contribution in [0, 0.1) is 0 Å². The minimum atomic E-state index is -4.86. The Morgan fingerprint density at radius 3 is 2.35 bits per heavy atom. The molecule has 2 aromatic heterocycles. The zero-order valence-electron chi connectivity index (χ0n) is 22.6. The van der Waals surface area contributed by atoms with E-state index in [1.807, 2.05) is 6.07 Å². The van der Waals surface area contributed by atoms with Crippen LogP contribution in [0.5, 0.6) is 0 Å². The molecule has 4 heterocycles. The molecule has 0 amide bonds. The van der Waals surface area contributed by atoms with Gasteiger partial charge in [0, 0.05) is 69.0 Å². The van der Waals surface area contributed by atoms with E-state index in [4.69, 9.17) is 0 Å². The monoisotopic (exact) mass is 654 g/mol. The van der Waals surface area contributed by atoms with Gasteiger partial charge >= 0.3 is 12.4 Å². The first-order valence-corrected chi connectivity index (χ1v) is 14.6. The lowest BCUT2D eigenvalue weighted by molar-refractivity contribution is -0.142. The average molecular weight is 655 g/mol. The van der Waals surface area contributed by atoms with E-state index in [1.165, 1.54) is 4.31 Å². The van der Waals surface area contributed by atoms with Gasteiger partial charge in [-0.3, -0.25) is 4.68 Å². The molecule has 0 unspecified atom stereocenters. The Balaban J connectivity index is 0.00000423. The number of halogens is 7. The highest BCUT2D eigenvalue weighted by Gasteiger charge is 2.37. The van der Waals surface area contributed by atoms with Gasteiger partial charge in [-0.25, -0.2) is 18.4 Å². The standard InChI is InChI=1S/C25H28F6N8O2S.ClH/c26-24(27,28)16-38-15-17(13-34-38)22-21(25(29,30)31)14-33-23(36-22)35-18-4-8-39(9-5-18)42(40,41)20-3-1-2-19(12-20)37-10-6-32-7-11-37;/h1-3,12-15,18,32H,4-11,16H2,(H,33,35,36);1H. The van der Waals surface area contributed by atoms with Crippen LogP contribution in [0.1, 0.15) is 18.4 Å². The first kappa shape index (κ1) is 32.8. The summed E-state index contributed by atoms with van der Waals surface area (Å²) in [7, 11) is -3.78. The van der Waals surface area contributed by atoms with Gasteiger partial charge in [0.2, 0.25) is 16.0 Å². The minimum absolute atomic E-state index is 0. The second-order valence-electron chi connectivity index (χ2n) is 10.1. The fourth-order valence-electron chi connectivity index (χ4n) is 4.97. The van der Waals surface area contributed by atoms with Crippen LogP contribution >= 0.6 is 12.4 Å². The number of hydrogen-bond acceptors (Lipinski definition) is 8. The number of nitrogens with one attached hydrogen (secondary N) is 2. The number of alkyl halides is 6. The van der Waals surface area contributed by atoms with Gasteiger partial charge in [0.15, 0.2) is 0 Å². The van der Waals surface area contributed by atoms with E-state index >= 15 is 0 Å². The van der Waals surface area contributed by atoms with Crippen molar-refractivity contribution in [3.05, 3.63) is 48.4 Å². The fourth-order valence-corrected chi connectivity index (χ4v) is 6.48. The first-order valence-electron chi connectivity index (χ1n) is 13.2. The van der Waals surface area contributed by atoms with E-state index in [0.29, 0.717) is 23.7 Å². The first-order chi connectivity index (χ1) is 19.8. The molecule has 0 aliphatic carbocycles. The molecule has 1 aromatic carbocycles. The van der Waals surface area contributed by atoms with Crippen LogP contribution in [0.2, 0.25) is 0 Å². The van der Waals surface area contributed by atoms with Gasteiger partial charge in [-0.05, 0) is 31.0 Å². The molecular weight excluding hydrogens is 626 g/mol. The molecule has 43 heavy (non-hydrogen) atoms. The molecule has 5 rings (SSSR count). The maximum Gasteiger partial charge on any atom is 0.419 e. The van der Waals surface area contributed by atoms with E-state index in [0.717, 1.165) is 44.3 Å². The van der Waals surface area contributed by atoms with Crippen LogP contribution in [-0.4, -0.2) is 84.0 Å². The van der Waals surface area contributed by atoms with Gasteiger partial charge in [0.1, 0.15) is 12.1 Å². The summed E-state index contributed by atoms with van der Waals surface area (Å²) in [5.41, 5.74) is -1.25. The number of piperazine rings is 1. The van der Waals surface area contributed by atoms with Crippen LogP contribution in [0.4, 0.5) is 38.0 Å². The lowest BCUT2D eigenvalue weighted by atomic mass is 10.1. The summed E-state index contributed by atoms with van der Waals surface area (Å²) in [5.74, 6) is -0.161. The predicted octanol–water partition coefficient (Wildman–Crippen LogP) is 4.02. The highest BCUT2D eigenvalue weighted by molar-refractivity contribution is 7.89. The number of sulfonamides is 1. The van der Waals surface area contributed by atoms with E-state index in [9.17, 15) is 34.8 Å². The predicted molar refractivity (Wildman–Crippen MR) is 148 cm³/mol. The van der Waals surface area contributed by atoms with Crippen molar-refractivity contribution in [3.8, 4) is 11.3 Å². The molecule has 18 heteroatoms. The SMILES string of the molecule is Cl.O=S(=O)(c1cccc(N2CCNCC2)c1)N1CCC(Nc2ncc(C(F)(F)F)c(-c3cnn(CC(F)(F)F)c3)n2)CC1. The molecule has 2 aliphatic heterocycles. The molecule has 0 bridgehead atoms. The number of rotatable bonds is 7. The van der Waals surface area contributed by atoms with E-state index in [-0.39, 0.29) is 47.9 Å². The van der Waals surface area contributed by atoms with Gasteiger partial charge in [-0.1, -0.05) is 6.07 Å². The lowest BCUT2D eigenvalue weighted by Crippen LogP contribution is -2.44. The average Bonchev–Trinajstić information content (AvgIpc) is 3.40. The molecule has 10 nitrogen and oxygen atoms in total. The Bertz CT molecular complexity index is 1500. The van der Waals surface area contributed by atoms with Gasteiger partial charge in [0.05, 0.1) is 16.8 Å². The third kappa shape index (κ3) is 7.87. The second-order valence-corrected chi connectivity index (χ2v) is 12.0. The molecule has 2 N–H and O–H groups in total. The summed E-state index contributed by atoms with van der Waals surface area (Å²) in [6, 6.07) is 6.46. The van der Waals surface area contributed by atoms with Crippen molar-refractivity contribution in [1.82, 2.24) is 29.4 Å². The van der Waals surface area contributed by atoms with Crippen molar-refractivity contribution in [2.75, 3.05) is 49.5 Å². The van der Waals surface area contributed by atoms with Gasteiger partial charge in [-0.15, -0.1) is 12.4 Å². The van der Waals surface area contributed by atoms with Crippen molar-refractivity contribution in [1.29, 1.82) is 0 Å². The van der Waals surface area contributed by atoms with Crippen molar-refractivity contribution in [2.45, 2.75) is 42.7 Å². The Morgan fingerprint density at radius 2 is 1.70 bits per heavy atom. The summed E-state index contributed by atoms with van der Waals surface area (Å²) >= 11 is 0. The Morgan fingerprint density at radius 1 is 1.00 bits per heavy atom. The highest BCUT2D eigenvalue weighted by Crippen LogP contribution is 2.36. The number of hydrogen-bond donors (Lipinski definition) is 2. The lowest BCUT2D eigenvalue weighted by Gasteiger charge is -2.32. The zero-order chi connectivity index (χ0) is 30.1. The maximum atomic E-state index is 13.7. The number of piperidine rings is 1. The highest BCUT2D eigenvalue weighted by atomic mass is 35.5.